The number of rotatable bonds is 7. The molecule has 6 rings (SSSR count). The number of fused-ring (bicyclic) bond motifs is 2. The Kier molecular flexibility index (Phi) is 6.76. The highest BCUT2D eigenvalue weighted by molar-refractivity contribution is 8.18. The van der Waals surface area contributed by atoms with Gasteiger partial charge in [0.25, 0.3) is 16.8 Å². The number of hydrogen-bond acceptors (Lipinski definition) is 6. The molecular weight excluding hydrogens is 524 g/mol. The normalized spacial score (nSPS) is 14.4. The number of carbonyl (C=O) groups excluding carboxylic acids is 2. The third-order valence-electron chi connectivity index (χ3n) is 6.83. The van der Waals surface area contributed by atoms with Crippen LogP contribution in [0.5, 0.6) is 5.75 Å². The van der Waals surface area contributed by atoms with Crippen LogP contribution in [0.1, 0.15) is 16.7 Å². The van der Waals surface area contributed by atoms with Crippen LogP contribution in [0.3, 0.4) is 0 Å². The second-order valence-corrected chi connectivity index (χ2v) is 10.3. The number of nitro benzene ring substituents is 1. The van der Waals surface area contributed by atoms with Gasteiger partial charge in [0, 0.05) is 17.7 Å². The molecule has 1 aliphatic heterocycles. The number of thioether (sulfide) groups is 1. The third kappa shape index (κ3) is 4.92. The van der Waals surface area contributed by atoms with Gasteiger partial charge in [0.2, 0.25) is 0 Å². The molecule has 7 nitrogen and oxygen atoms in total. The summed E-state index contributed by atoms with van der Waals surface area (Å²) < 4.78 is 6.35. The monoisotopic (exact) mass is 546 g/mol. The van der Waals surface area contributed by atoms with E-state index in [-0.39, 0.29) is 12.2 Å². The van der Waals surface area contributed by atoms with Crippen molar-refractivity contribution in [3.63, 3.8) is 0 Å². The second-order valence-electron chi connectivity index (χ2n) is 9.32. The van der Waals surface area contributed by atoms with Crippen LogP contribution < -0.4 is 4.74 Å². The minimum atomic E-state index is -0.489. The third-order valence-corrected chi connectivity index (χ3v) is 7.74. The van der Waals surface area contributed by atoms with Gasteiger partial charge in [-0.3, -0.25) is 24.6 Å². The molecular formula is C32H22N2O5S. The van der Waals surface area contributed by atoms with Crippen LogP contribution in [0.15, 0.2) is 108 Å². The van der Waals surface area contributed by atoms with E-state index in [1.165, 1.54) is 12.1 Å². The van der Waals surface area contributed by atoms with Gasteiger partial charge in [-0.05, 0) is 56.6 Å². The number of benzene rings is 5. The van der Waals surface area contributed by atoms with Crippen LogP contribution in [0.4, 0.5) is 10.5 Å². The van der Waals surface area contributed by atoms with Crippen molar-refractivity contribution in [2.45, 2.75) is 13.2 Å². The van der Waals surface area contributed by atoms with E-state index in [0.29, 0.717) is 22.8 Å². The van der Waals surface area contributed by atoms with E-state index in [9.17, 15) is 19.7 Å². The number of carbonyl (C=O) groups is 2. The molecule has 8 heteroatoms. The van der Waals surface area contributed by atoms with Crippen LogP contribution >= 0.6 is 11.8 Å². The van der Waals surface area contributed by atoms with E-state index in [0.717, 1.165) is 49.3 Å². The molecule has 0 atom stereocenters. The van der Waals surface area contributed by atoms with Crippen LogP contribution in [0.25, 0.3) is 27.6 Å². The van der Waals surface area contributed by atoms with Gasteiger partial charge in [-0.2, -0.15) is 0 Å². The Balaban J connectivity index is 1.32. The van der Waals surface area contributed by atoms with Crippen LogP contribution in [0, 0.1) is 10.1 Å². The summed E-state index contributed by atoms with van der Waals surface area (Å²) in [4.78, 5) is 38.1. The summed E-state index contributed by atoms with van der Waals surface area (Å²) in [7, 11) is 0. The zero-order valence-electron chi connectivity index (χ0n) is 21.2. The number of non-ortho nitro benzene ring substituents is 1. The topological polar surface area (TPSA) is 89.8 Å². The Labute approximate surface area is 233 Å². The van der Waals surface area contributed by atoms with Crippen molar-refractivity contribution in [2.24, 2.45) is 0 Å². The Hall–Kier alpha value is -4.95. The Morgan fingerprint density at radius 3 is 2.23 bits per heavy atom. The Morgan fingerprint density at radius 1 is 0.800 bits per heavy atom. The van der Waals surface area contributed by atoms with E-state index in [4.69, 9.17) is 4.74 Å². The summed E-state index contributed by atoms with van der Waals surface area (Å²) in [6, 6.07) is 31.7. The molecule has 196 valence electrons. The molecule has 5 aromatic carbocycles. The Bertz CT molecular complexity index is 1830. The fourth-order valence-corrected chi connectivity index (χ4v) is 5.62. The van der Waals surface area contributed by atoms with Gasteiger partial charge < -0.3 is 4.74 Å². The van der Waals surface area contributed by atoms with Crippen LogP contribution in [0.2, 0.25) is 0 Å². The van der Waals surface area contributed by atoms with Crippen molar-refractivity contribution < 1.29 is 19.2 Å². The highest BCUT2D eigenvalue weighted by Crippen LogP contribution is 2.38. The van der Waals surface area contributed by atoms with Crippen molar-refractivity contribution in [1.29, 1.82) is 0 Å². The number of imide groups is 1. The van der Waals surface area contributed by atoms with Gasteiger partial charge in [0.05, 0.1) is 16.4 Å². The maximum Gasteiger partial charge on any atom is 0.293 e. The first-order chi connectivity index (χ1) is 19.5. The zero-order chi connectivity index (χ0) is 27.6. The average molecular weight is 547 g/mol. The Morgan fingerprint density at radius 2 is 1.48 bits per heavy atom. The predicted molar refractivity (Wildman–Crippen MR) is 157 cm³/mol. The van der Waals surface area contributed by atoms with Gasteiger partial charge in [-0.25, -0.2) is 0 Å². The maximum atomic E-state index is 13.3. The van der Waals surface area contributed by atoms with E-state index in [1.54, 1.807) is 18.2 Å². The van der Waals surface area contributed by atoms with Gasteiger partial charge in [0.15, 0.2) is 0 Å². The number of ether oxygens (including phenoxy) is 1. The summed E-state index contributed by atoms with van der Waals surface area (Å²) in [5.41, 5.74) is 2.34. The average Bonchev–Trinajstić information content (AvgIpc) is 3.24. The van der Waals surface area contributed by atoms with Crippen molar-refractivity contribution in [1.82, 2.24) is 4.90 Å². The molecule has 0 saturated carbocycles. The summed E-state index contributed by atoms with van der Waals surface area (Å²) in [5.74, 6) is 0.190. The fraction of sp³-hybridized carbons (Fsp3) is 0.0625. The minimum Gasteiger partial charge on any atom is -0.488 e. The van der Waals surface area contributed by atoms with Gasteiger partial charge in [0.1, 0.15) is 12.4 Å². The molecule has 0 N–H and O–H groups in total. The van der Waals surface area contributed by atoms with Crippen molar-refractivity contribution in [3.8, 4) is 5.75 Å². The lowest BCUT2D eigenvalue weighted by atomic mass is 10.0. The zero-order valence-corrected chi connectivity index (χ0v) is 22.0. The van der Waals surface area contributed by atoms with Crippen molar-refractivity contribution in [2.75, 3.05) is 0 Å². The maximum absolute atomic E-state index is 13.3. The second kappa shape index (κ2) is 10.7. The number of hydrogen-bond donors (Lipinski definition) is 0. The van der Waals surface area contributed by atoms with Gasteiger partial charge in [-0.1, -0.05) is 84.9 Å². The smallest absolute Gasteiger partial charge is 0.293 e. The van der Waals surface area contributed by atoms with Crippen LogP contribution in [-0.4, -0.2) is 21.0 Å². The molecule has 1 saturated heterocycles. The minimum absolute atomic E-state index is 0.0278. The van der Waals surface area contributed by atoms with Crippen molar-refractivity contribution in [3.05, 3.63) is 135 Å². The molecule has 1 fully saturated rings. The molecule has 0 radical (unpaired) electrons. The molecule has 0 aromatic heterocycles. The van der Waals surface area contributed by atoms with Gasteiger partial charge >= 0.3 is 0 Å². The SMILES string of the molecule is O=C1S/C(=C\c2c(OCc3cccc4ccccc34)ccc3ccccc23)C(=O)N1Cc1ccc([N+](=O)[O-])cc1. The fourth-order valence-electron chi connectivity index (χ4n) is 4.80. The molecule has 0 unspecified atom stereocenters. The molecule has 1 aliphatic rings. The molecule has 5 aromatic rings. The van der Waals surface area contributed by atoms with Gasteiger partial charge in [-0.15, -0.1) is 0 Å². The largest absolute Gasteiger partial charge is 0.488 e. The molecule has 40 heavy (non-hydrogen) atoms. The lowest BCUT2D eigenvalue weighted by Crippen LogP contribution is -2.27. The molecule has 0 spiro atoms. The lowest BCUT2D eigenvalue weighted by Gasteiger charge is -2.14. The quantitative estimate of drug-likeness (QED) is 0.118. The first-order valence-corrected chi connectivity index (χ1v) is 13.4. The summed E-state index contributed by atoms with van der Waals surface area (Å²) in [6.07, 6.45) is 1.72. The first-order valence-electron chi connectivity index (χ1n) is 12.6. The number of nitro groups is 1. The summed E-state index contributed by atoms with van der Waals surface area (Å²) >= 11 is 0.872. The highest BCUT2D eigenvalue weighted by atomic mass is 32.2. The molecule has 1 heterocycles. The molecule has 0 bridgehead atoms. The molecule has 2 amide bonds. The summed E-state index contributed by atoms with van der Waals surface area (Å²) in [5, 5.41) is 14.7. The first kappa shape index (κ1) is 25.3. The van der Waals surface area contributed by atoms with E-state index in [1.807, 2.05) is 60.7 Å². The number of nitrogens with zero attached hydrogens (tertiary/aromatic N) is 2. The molecule has 0 aliphatic carbocycles. The lowest BCUT2D eigenvalue weighted by molar-refractivity contribution is -0.384. The van der Waals surface area contributed by atoms with E-state index in [2.05, 4.69) is 18.2 Å². The summed E-state index contributed by atoms with van der Waals surface area (Å²) in [6.45, 7) is 0.363. The predicted octanol–water partition coefficient (Wildman–Crippen LogP) is 7.72. The standard InChI is InChI=1S/C32H22N2O5S/c35-31-30(40-32(36)33(31)19-21-12-15-25(16-13-21)34(37)38)18-28-27-11-4-2-7-23(27)14-17-29(28)39-20-24-9-5-8-22-6-1-3-10-26(22)24/h1-18H,19-20H2/b30-18-. The van der Waals surface area contributed by atoms with E-state index < -0.39 is 16.1 Å². The number of amides is 2. The van der Waals surface area contributed by atoms with Crippen LogP contribution in [-0.2, 0) is 17.9 Å². The van der Waals surface area contributed by atoms with Crippen molar-refractivity contribution >= 4 is 56.2 Å². The highest BCUT2D eigenvalue weighted by Gasteiger charge is 2.35. The van der Waals surface area contributed by atoms with E-state index >= 15 is 0 Å².